The number of carbonyl (C=O) groups is 3. The Balaban J connectivity index is 1.80. The highest BCUT2D eigenvalue weighted by Gasteiger charge is 2.35. The van der Waals surface area contributed by atoms with Crippen LogP contribution in [0.5, 0.6) is 0 Å². The van der Waals surface area contributed by atoms with Gasteiger partial charge in [-0.2, -0.15) is 8.42 Å². The number of thiocarbonyl (C=S) groups is 1. The highest BCUT2D eigenvalue weighted by Crippen LogP contribution is 2.46. The number of unbranched alkanes of at least 4 members (excludes halogenated alkanes) is 1. The summed E-state index contributed by atoms with van der Waals surface area (Å²) in [5.41, 5.74) is 0.782. The molecule has 2 aliphatic heterocycles. The van der Waals surface area contributed by atoms with Gasteiger partial charge in [-0.25, -0.2) is 0 Å². The van der Waals surface area contributed by atoms with Crippen LogP contribution in [0.4, 0.5) is 5.69 Å². The van der Waals surface area contributed by atoms with Crippen LogP contribution in [0.25, 0.3) is 10.5 Å². The van der Waals surface area contributed by atoms with Gasteiger partial charge in [0.2, 0.25) is 0 Å². The second kappa shape index (κ2) is 12.5. The van der Waals surface area contributed by atoms with Gasteiger partial charge >= 0.3 is 11.9 Å². The number of hydrogen-bond donors (Lipinski definition) is 3. The normalized spacial score (nSPS) is 18.3. The molecule has 17 heteroatoms. The summed E-state index contributed by atoms with van der Waals surface area (Å²) >= 11 is 8.34. The number of amides is 1. The molecular formula is C24H23N3O9S5. The lowest BCUT2D eigenvalue weighted by molar-refractivity contribution is -0.140. The second-order valence-electron chi connectivity index (χ2n) is 8.88. The Hall–Kier alpha value is -2.96. The third-order valence-corrected chi connectivity index (χ3v) is 10.7. The van der Waals surface area contributed by atoms with E-state index in [4.69, 9.17) is 21.9 Å². The van der Waals surface area contributed by atoms with Gasteiger partial charge in [0.25, 0.3) is 21.6 Å². The second-order valence-corrected chi connectivity index (χ2v) is 14.2. The minimum atomic E-state index is -4.08. The lowest BCUT2D eigenvalue weighted by atomic mass is 10.2. The molecule has 218 valence electrons. The molecule has 0 radical (unpaired) electrons. The molecule has 2 aliphatic rings. The van der Waals surface area contributed by atoms with E-state index in [0.717, 1.165) is 48.2 Å². The number of thiazole rings is 1. The van der Waals surface area contributed by atoms with Crippen molar-refractivity contribution in [3.05, 3.63) is 54.9 Å². The van der Waals surface area contributed by atoms with E-state index in [0.29, 0.717) is 18.5 Å². The predicted octanol–water partition coefficient (Wildman–Crippen LogP) is 1.34. The number of nitrogens with zero attached hydrogens (tertiary/aromatic N) is 3. The summed E-state index contributed by atoms with van der Waals surface area (Å²) in [6, 6.07) is 7.58. The minimum absolute atomic E-state index is 0.00995. The number of para-hydroxylation sites is 1. The number of anilines is 1. The average Bonchev–Trinajstić information content (AvgIpc) is 3.48. The first-order chi connectivity index (χ1) is 19.3. The van der Waals surface area contributed by atoms with Crippen LogP contribution in [0.15, 0.2) is 45.1 Å². The van der Waals surface area contributed by atoms with Crippen molar-refractivity contribution >= 4 is 95.5 Å². The summed E-state index contributed by atoms with van der Waals surface area (Å²) in [6.45, 7) is 0.755. The molecule has 0 saturated carbocycles. The van der Waals surface area contributed by atoms with Gasteiger partial charge in [0.05, 0.1) is 21.0 Å². The number of fused-ring (bicyclic) bond motifs is 1. The van der Waals surface area contributed by atoms with Crippen LogP contribution in [-0.4, -0.2) is 73.7 Å². The van der Waals surface area contributed by atoms with Crippen LogP contribution in [0.1, 0.15) is 19.8 Å². The first kappa shape index (κ1) is 31.0. The topological polar surface area (TPSA) is 175 Å². The third-order valence-electron chi connectivity index (χ3n) is 5.88. The van der Waals surface area contributed by atoms with Crippen molar-refractivity contribution in [2.24, 2.45) is 0 Å². The van der Waals surface area contributed by atoms with Gasteiger partial charge in [-0.3, -0.25) is 33.2 Å². The van der Waals surface area contributed by atoms with Crippen LogP contribution < -0.4 is 19.7 Å². The fraction of sp³-hybridized carbons (Fsp3) is 0.292. The van der Waals surface area contributed by atoms with Crippen LogP contribution in [0.2, 0.25) is 0 Å². The summed E-state index contributed by atoms with van der Waals surface area (Å²) in [6.07, 6.45) is 2.48. The molecule has 3 heterocycles. The quantitative estimate of drug-likeness (QED) is 0.190. The van der Waals surface area contributed by atoms with Crippen LogP contribution in [0.3, 0.4) is 0 Å². The highest BCUT2D eigenvalue weighted by atomic mass is 32.2. The van der Waals surface area contributed by atoms with Crippen molar-refractivity contribution in [1.82, 2.24) is 9.47 Å². The average molecular weight is 658 g/mol. The zero-order valence-corrected chi connectivity index (χ0v) is 25.4. The van der Waals surface area contributed by atoms with E-state index in [1.165, 1.54) is 11.8 Å². The smallest absolute Gasteiger partial charge is 0.323 e. The fourth-order valence-corrected chi connectivity index (χ4v) is 8.38. The predicted molar refractivity (Wildman–Crippen MR) is 161 cm³/mol. The third kappa shape index (κ3) is 7.10. The summed E-state index contributed by atoms with van der Waals surface area (Å²) in [5.74, 6) is -3.65. The van der Waals surface area contributed by atoms with E-state index < -0.39 is 46.6 Å². The lowest BCUT2D eigenvalue weighted by Crippen LogP contribution is -2.37. The zero-order valence-electron chi connectivity index (χ0n) is 21.3. The maximum Gasteiger partial charge on any atom is 0.323 e. The van der Waals surface area contributed by atoms with Crippen molar-refractivity contribution < 1.29 is 37.6 Å². The number of aliphatic carboxylic acids is 2. The largest absolute Gasteiger partial charge is 0.480 e. The molecule has 0 atom stereocenters. The molecule has 3 N–H and O–H groups in total. The van der Waals surface area contributed by atoms with E-state index in [1.807, 2.05) is 29.2 Å². The fourth-order valence-electron chi connectivity index (χ4n) is 4.10. The van der Waals surface area contributed by atoms with E-state index >= 15 is 0 Å². The molecule has 12 nitrogen and oxygen atoms in total. The molecule has 0 unspecified atom stereocenters. The molecule has 0 bridgehead atoms. The minimum Gasteiger partial charge on any atom is -0.480 e. The molecule has 2 aromatic rings. The standard InChI is InChI=1S/C24H23N3O9S5/c1-13(10-16-25(8-4-5-9-41(34,35)36)14-6-2-3-7-15(14)38-16)19-21(32)26(11-17(28)29)23(39-19)20-22(33)27(12-18(30)31)24(37)40-20/h2-3,6-7,10H,4-5,8-9,11-12H2,1H3,(H,28,29)(H,30,31)(H,34,35,36). The lowest BCUT2D eigenvalue weighted by Gasteiger charge is -2.20. The number of hydrogen-bond acceptors (Lipinski definition) is 11. The first-order valence-electron chi connectivity index (χ1n) is 11.9. The Morgan fingerprint density at radius 2 is 1.71 bits per heavy atom. The first-order valence-corrected chi connectivity index (χ1v) is 16.4. The molecule has 1 aromatic carbocycles. The maximum atomic E-state index is 13.4. The number of rotatable bonds is 10. The van der Waals surface area contributed by atoms with Crippen molar-refractivity contribution in [2.75, 3.05) is 23.7 Å². The number of carbonyl (C=O) groups excluding carboxylic acids is 1. The number of benzene rings is 1. The van der Waals surface area contributed by atoms with Crippen LogP contribution >= 0.6 is 47.1 Å². The summed E-state index contributed by atoms with van der Waals surface area (Å²) in [7, 11) is -4.08. The monoisotopic (exact) mass is 657 g/mol. The number of aromatic nitrogens is 1. The Bertz CT molecular complexity index is 1780. The Morgan fingerprint density at radius 1 is 1.02 bits per heavy atom. The van der Waals surface area contributed by atoms with E-state index in [-0.39, 0.29) is 30.6 Å². The zero-order chi connectivity index (χ0) is 30.1. The number of thioether (sulfide) groups is 2. The molecular weight excluding hydrogens is 635 g/mol. The van der Waals surface area contributed by atoms with Gasteiger partial charge < -0.3 is 15.1 Å². The van der Waals surface area contributed by atoms with Crippen molar-refractivity contribution in [1.29, 1.82) is 0 Å². The molecule has 1 fully saturated rings. The van der Waals surface area contributed by atoms with E-state index in [9.17, 15) is 32.7 Å². The van der Waals surface area contributed by atoms with Gasteiger partial charge in [0.1, 0.15) is 27.0 Å². The summed E-state index contributed by atoms with van der Waals surface area (Å²) in [4.78, 5) is 53.0. The number of carboxylic acid groups (broad SMARTS) is 2. The van der Waals surface area contributed by atoms with Gasteiger partial charge in [-0.15, -0.1) is 11.3 Å². The number of allylic oxidation sites excluding steroid dienone is 1. The Labute approximate surface area is 251 Å². The van der Waals surface area contributed by atoms with Gasteiger partial charge in [0.15, 0.2) is 0 Å². The Kier molecular flexibility index (Phi) is 9.45. The highest BCUT2D eigenvalue weighted by molar-refractivity contribution is 8.30. The molecule has 1 saturated heterocycles. The van der Waals surface area contributed by atoms with E-state index in [1.54, 1.807) is 13.0 Å². The van der Waals surface area contributed by atoms with Crippen molar-refractivity contribution in [2.45, 2.75) is 31.2 Å². The van der Waals surface area contributed by atoms with E-state index in [2.05, 4.69) is 0 Å². The summed E-state index contributed by atoms with van der Waals surface area (Å²) in [5, 5.41) is 19.3. The Morgan fingerprint density at radius 3 is 2.37 bits per heavy atom. The van der Waals surface area contributed by atoms with Gasteiger partial charge in [-0.1, -0.05) is 47.9 Å². The van der Waals surface area contributed by atoms with Crippen molar-refractivity contribution in [3.63, 3.8) is 0 Å². The number of carboxylic acids is 2. The summed E-state index contributed by atoms with van der Waals surface area (Å²) < 4.78 is 32.5. The molecule has 0 aliphatic carbocycles. The molecule has 4 rings (SSSR count). The SMILES string of the molecule is CC(C=C1Sc2ccccc2N1CCCCS(=O)(=O)O)=c1sc(=C2SC(=S)N(CC(=O)O)C2=O)n(CC(=O)O)c1=O. The molecule has 41 heavy (non-hydrogen) atoms. The van der Waals surface area contributed by atoms with Crippen LogP contribution in [0, 0.1) is 0 Å². The van der Waals surface area contributed by atoms with Crippen LogP contribution in [-0.2, 0) is 31.0 Å². The van der Waals surface area contributed by atoms with Gasteiger partial charge in [0, 0.05) is 11.4 Å². The van der Waals surface area contributed by atoms with Gasteiger partial charge in [-0.05, 0) is 43.5 Å². The molecule has 1 aromatic heterocycles. The molecule has 1 amide bonds. The molecule has 0 spiro atoms. The maximum absolute atomic E-state index is 13.4. The van der Waals surface area contributed by atoms with Crippen molar-refractivity contribution in [3.8, 4) is 0 Å².